The van der Waals surface area contributed by atoms with E-state index < -0.39 is 0 Å². The standard InChI is InChI=1S/C10H21NO/c1-2-8-6-9(4-3-5-11)10(12)7-8/h8-10,12H,2-7,11H2,1H3. The van der Waals surface area contributed by atoms with Gasteiger partial charge in [-0.2, -0.15) is 0 Å². The average Bonchev–Trinajstić information content (AvgIpc) is 2.43. The third-order valence-corrected chi connectivity index (χ3v) is 3.11. The second-order valence-electron chi connectivity index (χ2n) is 4.00. The maximum absolute atomic E-state index is 9.68. The first-order chi connectivity index (χ1) is 5.77. The summed E-state index contributed by atoms with van der Waals surface area (Å²) in [4.78, 5) is 0. The van der Waals surface area contributed by atoms with E-state index in [-0.39, 0.29) is 6.10 Å². The SMILES string of the molecule is CCC1CC(O)C(CCCN)C1. The van der Waals surface area contributed by atoms with Gasteiger partial charge < -0.3 is 10.8 Å². The molecule has 2 nitrogen and oxygen atoms in total. The molecular weight excluding hydrogens is 150 g/mol. The second-order valence-corrected chi connectivity index (χ2v) is 4.00. The Morgan fingerprint density at radius 1 is 1.42 bits per heavy atom. The largest absolute Gasteiger partial charge is 0.393 e. The molecule has 1 aliphatic rings. The van der Waals surface area contributed by atoms with Crippen LogP contribution in [0.2, 0.25) is 0 Å². The zero-order valence-corrected chi connectivity index (χ0v) is 8.00. The van der Waals surface area contributed by atoms with Crippen molar-refractivity contribution < 1.29 is 5.11 Å². The van der Waals surface area contributed by atoms with Gasteiger partial charge in [0, 0.05) is 0 Å². The molecule has 0 aromatic heterocycles. The van der Waals surface area contributed by atoms with Gasteiger partial charge in [0.05, 0.1) is 6.10 Å². The minimum atomic E-state index is -0.0403. The molecule has 72 valence electrons. The lowest BCUT2D eigenvalue weighted by Crippen LogP contribution is -2.14. The molecule has 1 aliphatic carbocycles. The maximum Gasteiger partial charge on any atom is 0.0571 e. The van der Waals surface area contributed by atoms with Crippen LogP contribution in [0.25, 0.3) is 0 Å². The minimum absolute atomic E-state index is 0.0403. The molecule has 3 atom stereocenters. The Kier molecular flexibility index (Phi) is 4.02. The average molecular weight is 171 g/mol. The van der Waals surface area contributed by atoms with Crippen LogP contribution in [0.5, 0.6) is 0 Å². The Morgan fingerprint density at radius 2 is 2.17 bits per heavy atom. The molecule has 0 aromatic rings. The third kappa shape index (κ3) is 2.46. The van der Waals surface area contributed by atoms with Crippen molar-refractivity contribution in [3.63, 3.8) is 0 Å². The Morgan fingerprint density at radius 3 is 2.67 bits per heavy atom. The molecular formula is C10H21NO. The Labute approximate surface area is 75.2 Å². The van der Waals surface area contributed by atoms with Crippen LogP contribution in [-0.2, 0) is 0 Å². The third-order valence-electron chi connectivity index (χ3n) is 3.11. The molecule has 0 saturated heterocycles. The Bertz CT molecular complexity index is 127. The molecule has 0 heterocycles. The van der Waals surface area contributed by atoms with E-state index >= 15 is 0 Å². The van der Waals surface area contributed by atoms with Crippen molar-refractivity contribution in [2.75, 3.05) is 6.54 Å². The smallest absolute Gasteiger partial charge is 0.0571 e. The minimum Gasteiger partial charge on any atom is -0.393 e. The molecule has 2 heteroatoms. The molecule has 1 fully saturated rings. The molecule has 12 heavy (non-hydrogen) atoms. The second kappa shape index (κ2) is 4.83. The predicted molar refractivity (Wildman–Crippen MR) is 50.8 cm³/mol. The molecule has 0 aliphatic heterocycles. The highest BCUT2D eigenvalue weighted by atomic mass is 16.3. The number of rotatable bonds is 4. The van der Waals surface area contributed by atoms with Crippen LogP contribution in [0.1, 0.15) is 39.0 Å². The monoisotopic (exact) mass is 171 g/mol. The molecule has 3 N–H and O–H groups in total. The van der Waals surface area contributed by atoms with Crippen LogP contribution in [0, 0.1) is 11.8 Å². The molecule has 1 rings (SSSR count). The van der Waals surface area contributed by atoms with E-state index in [1.165, 1.54) is 12.8 Å². The number of nitrogens with two attached hydrogens (primary N) is 1. The van der Waals surface area contributed by atoms with Crippen molar-refractivity contribution in [1.29, 1.82) is 0 Å². The van der Waals surface area contributed by atoms with Crippen LogP contribution in [0.15, 0.2) is 0 Å². The fourth-order valence-corrected chi connectivity index (χ4v) is 2.24. The quantitative estimate of drug-likeness (QED) is 0.673. The van der Waals surface area contributed by atoms with E-state index in [9.17, 15) is 5.11 Å². The van der Waals surface area contributed by atoms with Crippen LogP contribution >= 0.6 is 0 Å². The molecule has 0 amide bonds. The van der Waals surface area contributed by atoms with Crippen molar-refractivity contribution in [2.45, 2.75) is 45.1 Å². The summed E-state index contributed by atoms with van der Waals surface area (Å²) in [6.45, 7) is 2.97. The van der Waals surface area contributed by atoms with Gasteiger partial charge in [0.15, 0.2) is 0 Å². The van der Waals surface area contributed by atoms with Gasteiger partial charge in [0.2, 0.25) is 0 Å². The van der Waals surface area contributed by atoms with Gasteiger partial charge in [-0.3, -0.25) is 0 Å². The Balaban J connectivity index is 2.25. The highest BCUT2D eigenvalue weighted by Gasteiger charge is 2.30. The van der Waals surface area contributed by atoms with Gasteiger partial charge in [-0.1, -0.05) is 13.3 Å². The zero-order valence-electron chi connectivity index (χ0n) is 8.00. The fourth-order valence-electron chi connectivity index (χ4n) is 2.24. The fraction of sp³-hybridized carbons (Fsp3) is 1.00. The molecule has 0 spiro atoms. The van der Waals surface area contributed by atoms with Crippen LogP contribution in [-0.4, -0.2) is 17.8 Å². The first-order valence-corrected chi connectivity index (χ1v) is 5.16. The van der Waals surface area contributed by atoms with E-state index in [0.717, 1.165) is 31.7 Å². The zero-order chi connectivity index (χ0) is 8.97. The van der Waals surface area contributed by atoms with E-state index in [4.69, 9.17) is 5.73 Å². The van der Waals surface area contributed by atoms with E-state index in [1.807, 2.05) is 0 Å². The van der Waals surface area contributed by atoms with Crippen molar-refractivity contribution in [2.24, 2.45) is 17.6 Å². The number of aliphatic hydroxyl groups is 1. The summed E-state index contributed by atoms with van der Waals surface area (Å²) in [5, 5.41) is 9.68. The van der Waals surface area contributed by atoms with Crippen molar-refractivity contribution in [1.82, 2.24) is 0 Å². The van der Waals surface area contributed by atoms with Gasteiger partial charge in [-0.25, -0.2) is 0 Å². The predicted octanol–water partition coefficient (Wildman–Crippen LogP) is 1.52. The van der Waals surface area contributed by atoms with Crippen LogP contribution in [0.4, 0.5) is 0 Å². The molecule has 3 unspecified atom stereocenters. The Hall–Kier alpha value is -0.0800. The maximum atomic E-state index is 9.68. The summed E-state index contributed by atoms with van der Waals surface area (Å²) in [7, 11) is 0. The van der Waals surface area contributed by atoms with E-state index in [0.29, 0.717) is 5.92 Å². The van der Waals surface area contributed by atoms with Gasteiger partial charge >= 0.3 is 0 Å². The topological polar surface area (TPSA) is 46.2 Å². The molecule has 1 saturated carbocycles. The lowest BCUT2D eigenvalue weighted by Gasteiger charge is -2.12. The van der Waals surface area contributed by atoms with Crippen molar-refractivity contribution in [3.05, 3.63) is 0 Å². The highest BCUT2D eigenvalue weighted by Crippen LogP contribution is 2.35. The highest BCUT2D eigenvalue weighted by molar-refractivity contribution is 4.82. The van der Waals surface area contributed by atoms with Crippen molar-refractivity contribution >= 4 is 0 Å². The normalized spacial score (nSPS) is 35.8. The summed E-state index contributed by atoms with van der Waals surface area (Å²) in [6, 6.07) is 0. The molecule has 0 bridgehead atoms. The van der Waals surface area contributed by atoms with Crippen LogP contribution in [0.3, 0.4) is 0 Å². The summed E-state index contributed by atoms with van der Waals surface area (Å²) < 4.78 is 0. The summed E-state index contributed by atoms with van der Waals surface area (Å²) in [5.74, 6) is 1.31. The van der Waals surface area contributed by atoms with E-state index in [2.05, 4.69) is 6.92 Å². The molecule has 0 radical (unpaired) electrons. The van der Waals surface area contributed by atoms with Gasteiger partial charge in [-0.15, -0.1) is 0 Å². The van der Waals surface area contributed by atoms with Crippen molar-refractivity contribution in [3.8, 4) is 0 Å². The number of hydrogen-bond acceptors (Lipinski definition) is 2. The van der Waals surface area contributed by atoms with Gasteiger partial charge in [0.25, 0.3) is 0 Å². The molecule has 0 aromatic carbocycles. The first-order valence-electron chi connectivity index (χ1n) is 5.16. The van der Waals surface area contributed by atoms with Crippen LogP contribution < -0.4 is 5.73 Å². The summed E-state index contributed by atoms with van der Waals surface area (Å²) in [6.07, 6.45) is 5.60. The first kappa shape index (κ1) is 10.0. The number of aliphatic hydroxyl groups excluding tert-OH is 1. The van der Waals surface area contributed by atoms with E-state index in [1.54, 1.807) is 0 Å². The lowest BCUT2D eigenvalue weighted by atomic mass is 9.98. The lowest BCUT2D eigenvalue weighted by molar-refractivity contribution is 0.126. The number of hydrogen-bond donors (Lipinski definition) is 2. The van der Waals surface area contributed by atoms with Gasteiger partial charge in [-0.05, 0) is 44.1 Å². The van der Waals surface area contributed by atoms with Gasteiger partial charge in [0.1, 0.15) is 0 Å². The summed E-state index contributed by atoms with van der Waals surface area (Å²) in [5.41, 5.74) is 5.44. The summed E-state index contributed by atoms with van der Waals surface area (Å²) >= 11 is 0.